The van der Waals surface area contributed by atoms with E-state index in [0.717, 1.165) is 24.0 Å². The van der Waals surface area contributed by atoms with Crippen molar-refractivity contribution in [2.75, 3.05) is 12.3 Å². The van der Waals surface area contributed by atoms with Crippen LogP contribution in [0.2, 0.25) is 0 Å². The van der Waals surface area contributed by atoms with Crippen LogP contribution in [-0.4, -0.2) is 36.8 Å². The number of carbonyl (C=O) groups is 1. The Morgan fingerprint density at radius 2 is 2.00 bits per heavy atom. The molecule has 22 heavy (non-hydrogen) atoms. The summed E-state index contributed by atoms with van der Waals surface area (Å²) in [5.74, 6) is 0.0703. The van der Waals surface area contributed by atoms with Gasteiger partial charge in [-0.2, -0.15) is 4.31 Å². The topological polar surface area (TPSA) is 54.5 Å². The van der Waals surface area contributed by atoms with E-state index in [2.05, 4.69) is 0 Å². The standard InChI is InChI=1S/C17H25NO3S/c1-4-5-11-22(20,21)18-10-6-7-16(18)17(19)15-9-8-13(2)14(3)12-15/h8-9,12,16H,4-7,10-11H2,1-3H3. The van der Waals surface area contributed by atoms with Gasteiger partial charge in [0.2, 0.25) is 10.0 Å². The van der Waals surface area contributed by atoms with Gasteiger partial charge < -0.3 is 0 Å². The Morgan fingerprint density at radius 1 is 1.27 bits per heavy atom. The average Bonchev–Trinajstić information content (AvgIpc) is 2.97. The Hall–Kier alpha value is -1.20. The van der Waals surface area contributed by atoms with E-state index in [9.17, 15) is 13.2 Å². The summed E-state index contributed by atoms with van der Waals surface area (Å²) >= 11 is 0. The minimum Gasteiger partial charge on any atom is -0.292 e. The number of ketones is 1. The molecule has 0 saturated carbocycles. The van der Waals surface area contributed by atoms with E-state index in [-0.39, 0.29) is 11.5 Å². The van der Waals surface area contributed by atoms with Gasteiger partial charge in [0.15, 0.2) is 5.78 Å². The number of nitrogens with zero attached hydrogens (tertiary/aromatic N) is 1. The Morgan fingerprint density at radius 3 is 2.64 bits per heavy atom. The highest BCUT2D eigenvalue weighted by atomic mass is 32.2. The Labute approximate surface area is 133 Å². The molecule has 1 unspecified atom stereocenters. The molecular formula is C17H25NO3S. The highest BCUT2D eigenvalue weighted by Gasteiger charge is 2.38. The summed E-state index contributed by atoms with van der Waals surface area (Å²) in [6, 6.07) is 5.07. The van der Waals surface area contributed by atoms with Crippen molar-refractivity contribution in [1.82, 2.24) is 4.31 Å². The van der Waals surface area contributed by atoms with Gasteiger partial charge in [-0.1, -0.05) is 25.5 Å². The molecule has 122 valence electrons. The van der Waals surface area contributed by atoms with Crippen LogP contribution in [0.25, 0.3) is 0 Å². The van der Waals surface area contributed by atoms with Crippen LogP contribution in [0.1, 0.15) is 54.1 Å². The van der Waals surface area contributed by atoms with Crippen LogP contribution in [0.15, 0.2) is 18.2 Å². The zero-order chi connectivity index (χ0) is 16.3. The van der Waals surface area contributed by atoms with Gasteiger partial charge in [-0.05, 0) is 50.3 Å². The molecular weight excluding hydrogens is 298 g/mol. The van der Waals surface area contributed by atoms with Crippen molar-refractivity contribution in [3.63, 3.8) is 0 Å². The molecule has 1 heterocycles. The Kier molecular flexibility index (Phi) is 5.40. The van der Waals surface area contributed by atoms with E-state index >= 15 is 0 Å². The van der Waals surface area contributed by atoms with Crippen molar-refractivity contribution in [1.29, 1.82) is 0 Å². The molecule has 1 aliphatic rings. The van der Waals surface area contributed by atoms with Crippen LogP contribution >= 0.6 is 0 Å². The fraction of sp³-hybridized carbons (Fsp3) is 0.588. The summed E-state index contributed by atoms with van der Waals surface area (Å²) in [7, 11) is -3.33. The number of aryl methyl sites for hydroxylation is 2. The number of hydrogen-bond donors (Lipinski definition) is 0. The average molecular weight is 323 g/mol. The third kappa shape index (κ3) is 3.58. The summed E-state index contributed by atoms with van der Waals surface area (Å²) in [4.78, 5) is 12.7. The van der Waals surface area contributed by atoms with Crippen molar-refractivity contribution in [2.24, 2.45) is 0 Å². The number of rotatable bonds is 6. The Bertz CT molecular complexity index is 652. The number of hydrogen-bond acceptors (Lipinski definition) is 3. The normalized spacial score (nSPS) is 19.5. The van der Waals surface area contributed by atoms with Crippen LogP contribution in [0, 0.1) is 13.8 Å². The highest BCUT2D eigenvalue weighted by Crippen LogP contribution is 2.25. The molecule has 1 aromatic rings. The smallest absolute Gasteiger partial charge is 0.214 e. The molecule has 0 amide bonds. The summed E-state index contributed by atoms with van der Waals surface area (Å²) < 4.78 is 26.3. The second-order valence-electron chi connectivity index (χ2n) is 6.10. The SMILES string of the molecule is CCCCS(=O)(=O)N1CCCC1C(=O)c1ccc(C)c(C)c1. The number of sulfonamides is 1. The second kappa shape index (κ2) is 6.92. The van der Waals surface area contributed by atoms with Crippen molar-refractivity contribution in [2.45, 2.75) is 52.5 Å². The largest absolute Gasteiger partial charge is 0.292 e. The maximum Gasteiger partial charge on any atom is 0.214 e. The summed E-state index contributed by atoms with van der Waals surface area (Å²) in [6.45, 7) is 6.40. The lowest BCUT2D eigenvalue weighted by molar-refractivity contribution is 0.0918. The van der Waals surface area contributed by atoms with Gasteiger partial charge in [-0.15, -0.1) is 0 Å². The van der Waals surface area contributed by atoms with E-state index in [1.165, 1.54) is 4.31 Å². The van der Waals surface area contributed by atoms with Gasteiger partial charge >= 0.3 is 0 Å². The van der Waals surface area contributed by atoms with Crippen molar-refractivity contribution in [3.05, 3.63) is 34.9 Å². The minimum absolute atomic E-state index is 0.0688. The molecule has 1 atom stereocenters. The molecule has 0 aliphatic carbocycles. The van der Waals surface area contributed by atoms with Crippen LogP contribution in [0.3, 0.4) is 0 Å². The van der Waals surface area contributed by atoms with Crippen LogP contribution in [0.4, 0.5) is 0 Å². The lowest BCUT2D eigenvalue weighted by Crippen LogP contribution is -2.41. The van der Waals surface area contributed by atoms with Crippen molar-refractivity contribution >= 4 is 15.8 Å². The molecule has 4 nitrogen and oxygen atoms in total. The first-order valence-electron chi connectivity index (χ1n) is 7.98. The van der Waals surface area contributed by atoms with E-state index in [4.69, 9.17) is 0 Å². The molecule has 1 aromatic carbocycles. The van der Waals surface area contributed by atoms with Crippen molar-refractivity contribution in [3.8, 4) is 0 Å². The fourth-order valence-corrected chi connectivity index (χ4v) is 4.75. The maximum atomic E-state index is 12.7. The highest BCUT2D eigenvalue weighted by molar-refractivity contribution is 7.89. The molecule has 1 aliphatic heterocycles. The first-order chi connectivity index (χ1) is 10.4. The Balaban J connectivity index is 2.22. The molecule has 0 bridgehead atoms. The second-order valence-corrected chi connectivity index (χ2v) is 8.14. The zero-order valence-corrected chi connectivity index (χ0v) is 14.4. The van der Waals surface area contributed by atoms with Gasteiger partial charge in [-0.3, -0.25) is 4.79 Å². The van der Waals surface area contributed by atoms with Crippen LogP contribution < -0.4 is 0 Å². The number of Topliss-reactive ketones (excluding diaryl/α,β-unsaturated/α-hetero) is 1. The molecule has 0 radical (unpaired) electrons. The minimum atomic E-state index is -3.33. The number of unbranched alkanes of at least 4 members (excludes halogenated alkanes) is 1. The van der Waals surface area contributed by atoms with Gasteiger partial charge in [0.25, 0.3) is 0 Å². The first kappa shape index (κ1) is 17.2. The fourth-order valence-electron chi connectivity index (χ4n) is 2.87. The predicted octanol–water partition coefficient (Wildman–Crippen LogP) is 3.08. The van der Waals surface area contributed by atoms with E-state index in [0.29, 0.717) is 24.9 Å². The van der Waals surface area contributed by atoms with Crippen molar-refractivity contribution < 1.29 is 13.2 Å². The summed E-state index contributed by atoms with van der Waals surface area (Å²) in [6.07, 6.45) is 2.86. The number of benzene rings is 1. The van der Waals surface area contributed by atoms with E-state index in [1.54, 1.807) is 6.07 Å². The summed E-state index contributed by atoms with van der Waals surface area (Å²) in [5.41, 5.74) is 2.81. The van der Waals surface area contributed by atoms with Crippen LogP contribution in [-0.2, 0) is 10.0 Å². The maximum absolute atomic E-state index is 12.7. The van der Waals surface area contributed by atoms with Gasteiger partial charge in [0.05, 0.1) is 11.8 Å². The number of carbonyl (C=O) groups excluding carboxylic acids is 1. The van der Waals surface area contributed by atoms with E-state index < -0.39 is 16.1 Å². The zero-order valence-electron chi connectivity index (χ0n) is 13.6. The lowest BCUT2D eigenvalue weighted by Gasteiger charge is -2.23. The molecule has 0 aromatic heterocycles. The summed E-state index contributed by atoms with van der Waals surface area (Å²) in [5, 5.41) is 0. The first-order valence-corrected chi connectivity index (χ1v) is 9.58. The molecule has 5 heteroatoms. The quantitative estimate of drug-likeness (QED) is 0.756. The van der Waals surface area contributed by atoms with Gasteiger partial charge in [0, 0.05) is 12.1 Å². The molecule has 0 spiro atoms. The monoisotopic (exact) mass is 323 g/mol. The van der Waals surface area contributed by atoms with Gasteiger partial charge in [0.1, 0.15) is 0 Å². The molecule has 1 saturated heterocycles. The lowest BCUT2D eigenvalue weighted by atomic mass is 9.99. The molecule has 0 N–H and O–H groups in total. The van der Waals surface area contributed by atoms with Crippen LogP contribution in [0.5, 0.6) is 0 Å². The van der Waals surface area contributed by atoms with E-state index in [1.807, 2.05) is 32.9 Å². The molecule has 2 rings (SSSR count). The predicted molar refractivity (Wildman–Crippen MR) is 88.7 cm³/mol. The third-order valence-electron chi connectivity index (χ3n) is 4.41. The van der Waals surface area contributed by atoms with Gasteiger partial charge in [-0.25, -0.2) is 8.42 Å². The third-order valence-corrected chi connectivity index (χ3v) is 6.37. The molecule has 1 fully saturated rings.